The van der Waals surface area contributed by atoms with Crippen molar-refractivity contribution < 1.29 is 33.3 Å². The van der Waals surface area contributed by atoms with Crippen molar-refractivity contribution in [2.24, 2.45) is 0 Å². The molecule has 0 saturated carbocycles. The van der Waals surface area contributed by atoms with Crippen LogP contribution < -0.4 is 35.5 Å². The van der Waals surface area contributed by atoms with Crippen molar-refractivity contribution >= 4 is 53.6 Å². The van der Waals surface area contributed by atoms with Crippen molar-refractivity contribution in [3.63, 3.8) is 0 Å². The van der Waals surface area contributed by atoms with Crippen LogP contribution >= 0.6 is 8.03 Å². The largest absolute Gasteiger partial charge is 0.510 e. The topological polar surface area (TPSA) is 160 Å². The number of hydrogen-bond donors (Lipinski definition) is 5. The standard InChI is InChI=1S/C37H38N5O7P/c1-37(2,3)23-17-28(35(43)38-4)34(48-6)30(18-23)42-36(44)41-29-13-14-31(27-10-8-7-9-26(27)29)49-25-15-16-39-33(20-25)40-24-12-11-22(21-50(45)46)32(19-24)47-5/h7-20H,21H2,1-6H3,(H4-,38,39,40,41,42,43,44,45,46)/p+1. The van der Waals surface area contributed by atoms with E-state index in [2.05, 4.69) is 26.3 Å². The summed E-state index contributed by atoms with van der Waals surface area (Å²) in [4.78, 5) is 39.8. The molecule has 0 aliphatic carbocycles. The first kappa shape index (κ1) is 35.6. The minimum absolute atomic E-state index is 0.00662. The first-order valence-corrected chi connectivity index (χ1v) is 17.1. The summed E-state index contributed by atoms with van der Waals surface area (Å²) in [6, 6.07) is 22.8. The fourth-order valence-electron chi connectivity index (χ4n) is 5.34. The number of hydrogen-bond acceptors (Lipinski definition) is 8. The number of fused-ring (bicyclic) bond motifs is 1. The zero-order chi connectivity index (χ0) is 36.0. The van der Waals surface area contributed by atoms with Gasteiger partial charge in [-0.25, -0.2) is 9.78 Å². The molecule has 0 spiro atoms. The Bertz CT molecular complexity index is 2080. The molecule has 0 aliphatic heterocycles. The predicted molar refractivity (Wildman–Crippen MR) is 196 cm³/mol. The summed E-state index contributed by atoms with van der Waals surface area (Å²) in [5.41, 5.74) is 3.07. The molecule has 12 nitrogen and oxygen atoms in total. The van der Waals surface area contributed by atoms with Gasteiger partial charge in [-0.2, -0.15) is 4.89 Å². The lowest BCUT2D eigenvalue weighted by Gasteiger charge is -2.23. The van der Waals surface area contributed by atoms with Crippen LogP contribution in [0.5, 0.6) is 23.0 Å². The van der Waals surface area contributed by atoms with Crippen molar-refractivity contribution in [2.75, 3.05) is 37.2 Å². The lowest BCUT2D eigenvalue weighted by molar-refractivity contribution is 0.0960. The van der Waals surface area contributed by atoms with Gasteiger partial charge in [0.2, 0.25) is 6.16 Å². The molecule has 0 saturated heterocycles. The summed E-state index contributed by atoms with van der Waals surface area (Å²) < 4.78 is 28.6. The van der Waals surface area contributed by atoms with Crippen molar-refractivity contribution in [1.82, 2.24) is 10.3 Å². The SMILES string of the molecule is CNC(=O)c1cc(C(C)(C)C)cc(NC(=O)Nc2ccc(Oc3ccnc(Nc4ccc(C[P+](=O)O)c(OC)c4)c3)c3ccccc23)c1OC. The highest BCUT2D eigenvalue weighted by Crippen LogP contribution is 2.38. The van der Waals surface area contributed by atoms with Gasteiger partial charge in [0.05, 0.1) is 31.2 Å². The van der Waals surface area contributed by atoms with Crippen LogP contribution in [-0.4, -0.2) is 43.1 Å². The predicted octanol–water partition coefficient (Wildman–Crippen LogP) is 8.32. The molecular formula is C37H39N5O7P+. The molecule has 1 heterocycles. The summed E-state index contributed by atoms with van der Waals surface area (Å²) >= 11 is 0. The smallest absolute Gasteiger partial charge is 0.496 e. The van der Waals surface area contributed by atoms with Gasteiger partial charge in [-0.05, 0) is 58.0 Å². The van der Waals surface area contributed by atoms with E-state index < -0.39 is 14.1 Å². The molecule has 1 unspecified atom stereocenters. The van der Waals surface area contributed by atoms with Crippen LogP contribution in [0.1, 0.15) is 42.3 Å². The number of aromatic nitrogens is 1. The maximum atomic E-state index is 13.4. The van der Waals surface area contributed by atoms with Crippen LogP contribution in [0.15, 0.2) is 85.1 Å². The van der Waals surface area contributed by atoms with E-state index in [0.29, 0.717) is 51.3 Å². The van der Waals surface area contributed by atoms with Gasteiger partial charge in [0.15, 0.2) is 5.75 Å². The molecule has 5 N–H and O–H groups in total. The van der Waals surface area contributed by atoms with Gasteiger partial charge < -0.3 is 35.5 Å². The van der Waals surface area contributed by atoms with Crippen LogP contribution in [0.3, 0.4) is 0 Å². The fraction of sp³-hybridized carbons (Fsp3) is 0.216. The third kappa shape index (κ3) is 8.28. The lowest BCUT2D eigenvalue weighted by Crippen LogP contribution is -2.24. The van der Waals surface area contributed by atoms with Crippen LogP contribution in [0, 0.1) is 0 Å². The second-order valence-corrected chi connectivity index (χ2v) is 13.3. The van der Waals surface area contributed by atoms with E-state index in [1.165, 1.54) is 14.2 Å². The van der Waals surface area contributed by atoms with E-state index in [-0.39, 0.29) is 23.2 Å². The van der Waals surface area contributed by atoms with Gasteiger partial charge in [0.1, 0.15) is 23.1 Å². The molecule has 258 valence electrons. The monoisotopic (exact) mass is 696 g/mol. The molecule has 5 aromatic rings. The molecule has 0 aliphatic rings. The Kier molecular flexibility index (Phi) is 10.8. The third-order valence-electron chi connectivity index (χ3n) is 7.84. The molecule has 0 radical (unpaired) electrons. The fourth-order valence-corrected chi connectivity index (χ4v) is 5.89. The Hall–Kier alpha value is -5.71. The average molecular weight is 697 g/mol. The number of anilines is 4. The number of carbonyl (C=O) groups is 2. The van der Waals surface area contributed by atoms with Gasteiger partial charge in [-0.1, -0.05) is 45.0 Å². The van der Waals surface area contributed by atoms with Crippen LogP contribution in [0.2, 0.25) is 0 Å². The quantitative estimate of drug-likeness (QED) is 0.0856. The Morgan fingerprint density at radius 2 is 1.60 bits per heavy atom. The number of methoxy groups -OCH3 is 2. The molecule has 50 heavy (non-hydrogen) atoms. The highest BCUT2D eigenvalue weighted by Gasteiger charge is 2.24. The van der Waals surface area contributed by atoms with E-state index >= 15 is 0 Å². The second kappa shape index (κ2) is 15.2. The molecular weight excluding hydrogens is 657 g/mol. The molecule has 0 fully saturated rings. The number of benzene rings is 4. The normalized spacial score (nSPS) is 11.4. The Morgan fingerprint density at radius 1 is 0.860 bits per heavy atom. The number of ether oxygens (including phenoxy) is 3. The van der Waals surface area contributed by atoms with Gasteiger partial charge in [-0.3, -0.25) is 4.79 Å². The summed E-state index contributed by atoms with van der Waals surface area (Å²) in [6.07, 6.45) is 1.61. The third-order valence-corrected chi connectivity index (χ3v) is 8.45. The van der Waals surface area contributed by atoms with E-state index in [0.717, 1.165) is 16.3 Å². The average Bonchev–Trinajstić information content (AvgIpc) is 3.08. The summed E-state index contributed by atoms with van der Waals surface area (Å²) in [6.45, 7) is 6.07. The number of nitrogens with zero attached hydrogens (tertiary/aromatic N) is 1. The van der Waals surface area contributed by atoms with E-state index in [1.807, 2.05) is 51.1 Å². The summed E-state index contributed by atoms with van der Waals surface area (Å²) in [5, 5.41) is 13.2. The van der Waals surface area contributed by atoms with Gasteiger partial charge in [0, 0.05) is 47.4 Å². The zero-order valence-corrected chi connectivity index (χ0v) is 29.5. The number of rotatable bonds is 11. The zero-order valence-electron chi connectivity index (χ0n) is 28.6. The Labute approximate surface area is 291 Å². The molecule has 0 bridgehead atoms. The lowest BCUT2D eigenvalue weighted by atomic mass is 9.85. The van der Waals surface area contributed by atoms with E-state index in [9.17, 15) is 19.0 Å². The molecule has 3 amide bonds. The Morgan fingerprint density at radius 3 is 2.28 bits per heavy atom. The number of carbonyl (C=O) groups excluding carboxylic acids is 2. The van der Waals surface area contributed by atoms with Gasteiger partial charge in [0.25, 0.3) is 5.91 Å². The van der Waals surface area contributed by atoms with Crippen molar-refractivity contribution in [1.29, 1.82) is 0 Å². The number of urea groups is 1. The summed E-state index contributed by atoms with van der Waals surface area (Å²) in [7, 11) is 2.15. The maximum absolute atomic E-state index is 13.4. The second-order valence-electron chi connectivity index (χ2n) is 12.3. The first-order valence-electron chi connectivity index (χ1n) is 15.7. The first-order chi connectivity index (χ1) is 23.9. The molecule has 1 aromatic heterocycles. The number of amides is 3. The molecule has 5 rings (SSSR count). The van der Waals surface area contributed by atoms with Crippen molar-refractivity contribution in [2.45, 2.75) is 32.3 Å². The van der Waals surface area contributed by atoms with Crippen LogP contribution in [0.25, 0.3) is 10.8 Å². The van der Waals surface area contributed by atoms with Crippen molar-refractivity contribution in [3.05, 3.63) is 102 Å². The molecule has 13 heteroatoms. The summed E-state index contributed by atoms with van der Waals surface area (Å²) in [5.74, 6) is 1.99. The van der Waals surface area contributed by atoms with Gasteiger partial charge in [-0.15, -0.1) is 0 Å². The molecule has 1 atom stereocenters. The number of pyridine rings is 1. The van der Waals surface area contributed by atoms with Crippen LogP contribution in [0.4, 0.5) is 27.7 Å². The maximum Gasteiger partial charge on any atom is 0.510 e. The minimum atomic E-state index is -2.35. The van der Waals surface area contributed by atoms with Gasteiger partial charge >= 0.3 is 14.1 Å². The number of nitrogens with one attached hydrogen (secondary N) is 4. The highest BCUT2D eigenvalue weighted by molar-refractivity contribution is 7.37. The Balaban J connectivity index is 1.37. The van der Waals surface area contributed by atoms with Crippen molar-refractivity contribution in [3.8, 4) is 23.0 Å². The molecule has 4 aromatic carbocycles. The van der Waals surface area contributed by atoms with E-state index in [1.54, 1.807) is 61.8 Å². The highest BCUT2D eigenvalue weighted by atomic mass is 31.1. The van der Waals surface area contributed by atoms with Crippen LogP contribution in [-0.2, 0) is 16.1 Å². The minimum Gasteiger partial charge on any atom is -0.496 e. The van der Waals surface area contributed by atoms with E-state index in [4.69, 9.17) is 14.2 Å².